The Hall–Kier alpha value is -0.220. The molecule has 2 rings (SSSR count). The van der Waals surface area contributed by atoms with Crippen LogP contribution < -0.4 is 10.6 Å². The molecule has 1 heterocycles. The minimum atomic E-state index is 0.0395. The van der Waals surface area contributed by atoms with Crippen molar-refractivity contribution in [1.82, 2.24) is 10.6 Å². The minimum absolute atomic E-state index is 0.0395. The van der Waals surface area contributed by atoms with Crippen molar-refractivity contribution in [3.8, 4) is 0 Å². The molecule has 2 N–H and O–H groups in total. The second-order valence-corrected chi connectivity index (χ2v) is 6.22. The van der Waals surface area contributed by atoms with Crippen molar-refractivity contribution in [2.75, 3.05) is 11.6 Å². The quantitative estimate of drug-likeness (QED) is 0.809. The monoisotopic (exact) mass is 256 g/mol. The minimum Gasteiger partial charge on any atom is -0.352 e. The van der Waals surface area contributed by atoms with Crippen LogP contribution in [-0.2, 0) is 4.79 Å². The number of thioether (sulfide) groups is 1. The van der Waals surface area contributed by atoms with E-state index in [9.17, 15) is 4.79 Å². The van der Waals surface area contributed by atoms with Crippen LogP contribution in [0.25, 0.3) is 0 Å². The van der Waals surface area contributed by atoms with Crippen molar-refractivity contribution in [2.45, 2.75) is 57.5 Å². The molecule has 3 nitrogen and oxygen atoms in total. The zero-order valence-electron chi connectivity index (χ0n) is 10.7. The summed E-state index contributed by atoms with van der Waals surface area (Å²) in [5.74, 6) is 2.77. The summed E-state index contributed by atoms with van der Waals surface area (Å²) >= 11 is 1.81. The van der Waals surface area contributed by atoms with Crippen LogP contribution in [0.1, 0.15) is 45.4 Å². The summed E-state index contributed by atoms with van der Waals surface area (Å²) in [6, 6.07) is 0.438. The maximum atomic E-state index is 12.1. The second-order valence-electron chi connectivity index (χ2n) is 5.19. The first kappa shape index (κ1) is 13.2. The molecule has 2 aliphatic rings. The topological polar surface area (TPSA) is 41.1 Å². The molecule has 0 aromatic carbocycles. The van der Waals surface area contributed by atoms with E-state index >= 15 is 0 Å². The van der Waals surface area contributed by atoms with E-state index in [-0.39, 0.29) is 11.9 Å². The SMILES string of the molecule is CCC(NC(=O)C1CSCN1)C1CCCCC1. The molecule has 4 heteroatoms. The smallest absolute Gasteiger partial charge is 0.238 e. The molecule has 0 spiro atoms. The molecule has 0 bridgehead atoms. The summed E-state index contributed by atoms with van der Waals surface area (Å²) in [5, 5.41) is 6.50. The van der Waals surface area contributed by atoms with E-state index < -0.39 is 0 Å². The molecule has 0 radical (unpaired) electrons. The van der Waals surface area contributed by atoms with Crippen molar-refractivity contribution in [3.63, 3.8) is 0 Å². The van der Waals surface area contributed by atoms with Gasteiger partial charge in [-0.2, -0.15) is 0 Å². The zero-order valence-corrected chi connectivity index (χ0v) is 11.5. The third-order valence-electron chi connectivity index (χ3n) is 4.02. The van der Waals surface area contributed by atoms with E-state index in [4.69, 9.17) is 0 Å². The second kappa shape index (κ2) is 6.64. The molecule has 1 amide bonds. The first-order chi connectivity index (χ1) is 8.31. The zero-order chi connectivity index (χ0) is 12.1. The maximum Gasteiger partial charge on any atom is 0.238 e. The molecule has 1 saturated carbocycles. The van der Waals surface area contributed by atoms with Crippen molar-refractivity contribution in [3.05, 3.63) is 0 Å². The van der Waals surface area contributed by atoms with E-state index in [1.165, 1.54) is 32.1 Å². The van der Waals surface area contributed by atoms with Gasteiger partial charge < -0.3 is 5.32 Å². The molecular weight excluding hydrogens is 232 g/mol. The lowest BCUT2D eigenvalue weighted by Gasteiger charge is -2.31. The Morgan fingerprint density at radius 2 is 2.18 bits per heavy atom. The fraction of sp³-hybridized carbons (Fsp3) is 0.923. The van der Waals surface area contributed by atoms with Gasteiger partial charge in [-0.1, -0.05) is 26.2 Å². The Labute approximate surface area is 108 Å². The summed E-state index contributed by atoms with van der Waals surface area (Å²) in [5.41, 5.74) is 0. The van der Waals surface area contributed by atoms with Gasteiger partial charge in [0.05, 0.1) is 6.04 Å². The van der Waals surface area contributed by atoms with Gasteiger partial charge in [0.1, 0.15) is 0 Å². The molecule has 1 saturated heterocycles. The number of hydrogen-bond acceptors (Lipinski definition) is 3. The molecule has 0 aromatic rings. The summed E-state index contributed by atoms with van der Waals surface area (Å²) in [6.07, 6.45) is 7.72. The summed E-state index contributed by atoms with van der Waals surface area (Å²) < 4.78 is 0. The summed E-state index contributed by atoms with van der Waals surface area (Å²) in [7, 11) is 0. The molecule has 1 aliphatic heterocycles. The van der Waals surface area contributed by atoms with Gasteiger partial charge in [-0.25, -0.2) is 0 Å². The lowest BCUT2D eigenvalue weighted by Crippen LogP contribution is -2.48. The number of carbonyl (C=O) groups excluding carboxylic acids is 1. The normalized spacial score (nSPS) is 27.9. The molecule has 2 atom stereocenters. The highest BCUT2D eigenvalue weighted by Crippen LogP contribution is 2.27. The van der Waals surface area contributed by atoms with Crippen LogP contribution in [0, 0.1) is 5.92 Å². The Bertz CT molecular complexity index is 248. The highest BCUT2D eigenvalue weighted by Gasteiger charge is 2.28. The van der Waals surface area contributed by atoms with Crippen LogP contribution >= 0.6 is 11.8 Å². The van der Waals surface area contributed by atoms with Gasteiger partial charge in [0.15, 0.2) is 0 Å². The van der Waals surface area contributed by atoms with E-state index in [0.29, 0.717) is 12.0 Å². The Kier molecular flexibility index (Phi) is 5.16. The van der Waals surface area contributed by atoms with E-state index in [1.807, 2.05) is 11.8 Å². The third kappa shape index (κ3) is 3.62. The van der Waals surface area contributed by atoms with Crippen molar-refractivity contribution in [1.29, 1.82) is 0 Å². The van der Waals surface area contributed by atoms with Gasteiger partial charge >= 0.3 is 0 Å². The molecule has 1 aliphatic carbocycles. The average molecular weight is 256 g/mol. The molecule has 17 heavy (non-hydrogen) atoms. The molecule has 2 unspecified atom stereocenters. The lowest BCUT2D eigenvalue weighted by molar-refractivity contribution is -0.123. The molecular formula is C13H24N2OS. The van der Waals surface area contributed by atoms with Crippen LogP contribution in [0.4, 0.5) is 0 Å². The highest BCUT2D eigenvalue weighted by atomic mass is 32.2. The summed E-state index contributed by atoms with van der Waals surface area (Å²) in [4.78, 5) is 12.1. The summed E-state index contributed by atoms with van der Waals surface area (Å²) in [6.45, 7) is 2.19. The van der Waals surface area contributed by atoms with E-state index in [2.05, 4.69) is 17.6 Å². The largest absolute Gasteiger partial charge is 0.352 e. The lowest BCUT2D eigenvalue weighted by atomic mass is 9.83. The van der Waals surface area contributed by atoms with Gasteiger partial charge in [-0.15, -0.1) is 11.8 Å². The van der Waals surface area contributed by atoms with Gasteiger partial charge in [-0.3, -0.25) is 10.1 Å². The van der Waals surface area contributed by atoms with Gasteiger partial charge in [0.25, 0.3) is 0 Å². The number of rotatable bonds is 4. The van der Waals surface area contributed by atoms with Crippen LogP contribution in [0.15, 0.2) is 0 Å². The van der Waals surface area contributed by atoms with Gasteiger partial charge in [0, 0.05) is 17.7 Å². The first-order valence-corrected chi connectivity index (χ1v) is 8.08. The third-order valence-corrected chi connectivity index (χ3v) is 4.96. The van der Waals surface area contributed by atoms with Gasteiger partial charge in [0.2, 0.25) is 5.91 Å². The molecule has 2 fully saturated rings. The predicted octanol–water partition coefficient (Wildman–Crippen LogP) is 2.12. The number of carbonyl (C=O) groups is 1. The van der Waals surface area contributed by atoms with Crippen molar-refractivity contribution < 1.29 is 4.79 Å². The van der Waals surface area contributed by atoms with Crippen LogP contribution in [0.5, 0.6) is 0 Å². The van der Waals surface area contributed by atoms with E-state index in [1.54, 1.807) is 0 Å². The first-order valence-electron chi connectivity index (χ1n) is 6.92. The fourth-order valence-corrected chi connectivity index (χ4v) is 3.88. The highest BCUT2D eigenvalue weighted by molar-refractivity contribution is 7.99. The number of nitrogens with one attached hydrogen (secondary N) is 2. The van der Waals surface area contributed by atoms with Gasteiger partial charge in [-0.05, 0) is 25.2 Å². The molecule has 98 valence electrons. The average Bonchev–Trinajstić information content (AvgIpc) is 2.90. The van der Waals surface area contributed by atoms with E-state index in [0.717, 1.165) is 18.1 Å². The predicted molar refractivity (Wildman–Crippen MR) is 73.0 cm³/mol. The van der Waals surface area contributed by atoms with Crippen LogP contribution in [-0.4, -0.2) is 29.6 Å². The van der Waals surface area contributed by atoms with Crippen LogP contribution in [0.3, 0.4) is 0 Å². The van der Waals surface area contributed by atoms with Crippen molar-refractivity contribution >= 4 is 17.7 Å². The number of amides is 1. The Morgan fingerprint density at radius 3 is 2.76 bits per heavy atom. The fourth-order valence-electron chi connectivity index (χ4n) is 2.94. The van der Waals surface area contributed by atoms with Crippen LogP contribution in [0.2, 0.25) is 0 Å². The van der Waals surface area contributed by atoms with Crippen molar-refractivity contribution in [2.24, 2.45) is 5.92 Å². The standard InChI is InChI=1S/C13H24N2OS/c1-2-11(10-6-4-3-5-7-10)15-13(16)12-8-17-9-14-12/h10-12,14H,2-9H2,1H3,(H,15,16). The Balaban J connectivity index is 1.82. The molecule has 0 aromatic heterocycles. The number of hydrogen-bond donors (Lipinski definition) is 2. The maximum absolute atomic E-state index is 12.1. The Morgan fingerprint density at radius 1 is 1.41 bits per heavy atom.